The summed E-state index contributed by atoms with van der Waals surface area (Å²) in [6.07, 6.45) is 0. The van der Waals surface area contributed by atoms with Crippen LogP contribution in [0.25, 0.3) is 0 Å². The Morgan fingerprint density at radius 3 is 2.48 bits per heavy atom. The molecule has 27 heavy (non-hydrogen) atoms. The Hall–Kier alpha value is -2.68. The largest absolute Gasteiger partial charge is 0.506 e. The van der Waals surface area contributed by atoms with Crippen LogP contribution in [0.1, 0.15) is 10.6 Å². The number of rotatable bonds is 5. The first-order chi connectivity index (χ1) is 12.7. The van der Waals surface area contributed by atoms with E-state index in [0.29, 0.717) is 5.02 Å². The van der Waals surface area contributed by atoms with Gasteiger partial charge >= 0.3 is 0 Å². The summed E-state index contributed by atoms with van der Waals surface area (Å²) in [7, 11) is -3.98. The SMILES string of the molecule is O=C(Nc1cc(S(=O)(=O)Nc2cccc(Cl)c2)ccc1O)c1ccc(Cl)o1. The minimum Gasteiger partial charge on any atom is -0.506 e. The van der Waals surface area contributed by atoms with E-state index in [1.165, 1.54) is 30.3 Å². The molecule has 7 nitrogen and oxygen atoms in total. The van der Waals surface area contributed by atoms with E-state index in [1.807, 2.05) is 0 Å². The van der Waals surface area contributed by atoms with Crippen LogP contribution in [0.3, 0.4) is 0 Å². The van der Waals surface area contributed by atoms with Crippen LogP contribution in [-0.4, -0.2) is 19.4 Å². The van der Waals surface area contributed by atoms with Gasteiger partial charge in [-0.3, -0.25) is 9.52 Å². The van der Waals surface area contributed by atoms with Gasteiger partial charge in [-0.1, -0.05) is 17.7 Å². The minimum atomic E-state index is -3.98. The second-order valence-electron chi connectivity index (χ2n) is 5.35. The van der Waals surface area contributed by atoms with Crippen molar-refractivity contribution >= 4 is 50.5 Å². The summed E-state index contributed by atoms with van der Waals surface area (Å²) < 4.78 is 32.4. The van der Waals surface area contributed by atoms with Crippen molar-refractivity contribution < 1.29 is 22.7 Å². The average Bonchev–Trinajstić information content (AvgIpc) is 3.03. The smallest absolute Gasteiger partial charge is 0.291 e. The van der Waals surface area contributed by atoms with E-state index in [2.05, 4.69) is 10.0 Å². The van der Waals surface area contributed by atoms with E-state index >= 15 is 0 Å². The second kappa shape index (κ2) is 7.51. The maximum Gasteiger partial charge on any atom is 0.291 e. The summed E-state index contributed by atoms with van der Waals surface area (Å²) in [6, 6.07) is 12.4. The van der Waals surface area contributed by atoms with E-state index in [9.17, 15) is 18.3 Å². The molecule has 0 bridgehead atoms. The number of furan rings is 1. The third-order valence-corrected chi connectivity index (χ3v) is 5.22. The van der Waals surface area contributed by atoms with E-state index in [1.54, 1.807) is 12.1 Å². The Kier molecular flexibility index (Phi) is 5.31. The molecule has 0 atom stereocenters. The van der Waals surface area contributed by atoms with Gasteiger partial charge in [0.1, 0.15) is 5.75 Å². The number of aromatic hydroxyl groups is 1. The molecule has 0 unspecified atom stereocenters. The molecular formula is C17H12Cl2N2O5S. The van der Waals surface area contributed by atoms with Crippen molar-refractivity contribution in [1.29, 1.82) is 0 Å². The number of halogens is 2. The number of carbonyl (C=O) groups is 1. The average molecular weight is 427 g/mol. The Bertz CT molecular complexity index is 1110. The molecule has 0 fully saturated rings. The quantitative estimate of drug-likeness (QED) is 0.525. The molecule has 3 N–H and O–H groups in total. The van der Waals surface area contributed by atoms with Crippen molar-refractivity contribution in [3.63, 3.8) is 0 Å². The van der Waals surface area contributed by atoms with E-state index in [-0.39, 0.29) is 33.0 Å². The summed E-state index contributed by atoms with van der Waals surface area (Å²) in [5.74, 6) is -1.11. The van der Waals surface area contributed by atoms with Gasteiger partial charge in [0.2, 0.25) is 0 Å². The van der Waals surface area contributed by atoms with Gasteiger partial charge in [0.25, 0.3) is 15.9 Å². The molecule has 3 aromatic rings. The van der Waals surface area contributed by atoms with Crippen LogP contribution in [-0.2, 0) is 10.0 Å². The lowest BCUT2D eigenvalue weighted by Crippen LogP contribution is -2.15. The van der Waals surface area contributed by atoms with Crippen molar-refractivity contribution in [3.8, 4) is 5.75 Å². The number of sulfonamides is 1. The third-order valence-electron chi connectivity index (χ3n) is 3.40. The molecule has 2 aromatic carbocycles. The Labute approximate surface area is 164 Å². The molecule has 0 radical (unpaired) electrons. The number of hydrogen-bond donors (Lipinski definition) is 3. The van der Waals surface area contributed by atoms with Crippen molar-refractivity contribution in [3.05, 3.63) is 70.6 Å². The first kappa shape index (κ1) is 19.1. The van der Waals surface area contributed by atoms with Gasteiger partial charge in [-0.05, 0) is 60.1 Å². The fourth-order valence-corrected chi connectivity index (χ4v) is 3.58. The molecule has 0 saturated heterocycles. The van der Waals surface area contributed by atoms with E-state index in [0.717, 1.165) is 12.1 Å². The van der Waals surface area contributed by atoms with Gasteiger partial charge in [-0.15, -0.1) is 0 Å². The summed E-state index contributed by atoms with van der Waals surface area (Å²) >= 11 is 11.5. The predicted molar refractivity (Wildman–Crippen MR) is 102 cm³/mol. The van der Waals surface area contributed by atoms with Crippen LogP contribution >= 0.6 is 23.2 Å². The number of anilines is 2. The van der Waals surface area contributed by atoms with Crippen molar-refractivity contribution in [1.82, 2.24) is 0 Å². The molecule has 140 valence electrons. The molecule has 3 rings (SSSR count). The second-order valence-corrected chi connectivity index (χ2v) is 7.84. The monoisotopic (exact) mass is 426 g/mol. The predicted octanol–water partition coefficient (Wildman–Crippen LogP) is 4.35. The standard InChI is InChI=1S/C17H12Cl2N2O5S/c18-10-2-1-3-11(8-10)21-27(24,25)12-4-5-14(22)13(9-12)20-17(23)15-6-7-16(19)26-15/h1-9,21-22H,(H,20,23). The highest BCUT2D eigenvalue weighted by atomic mass is 35.5. The number of carbonyl (C=O) groups excluding carboxylic acids is 1. The first-order valence-corrected chi connectivity index (χ1v) is 9.66. The van der Waals surface area contributed by atoms with Gasteiger partial charge in [0.15, 0.2) is 11.0 Å². The lowest BCUT2D eigenvalue weighted by molar-refractivity contribution is 0.0996. The van der Waals surface area contributed by atoms with E-state index < -0.39 is 15.9 Å². The van der Waals surface area contributed by atoms with Crippen LogP contribution in [0.2, 0.25) is 10.2 Å². The Morgan fingerprint density at radius 1 is 1.04 bits per heavy atom. The van der Waals surface area contributed by atoms with Crippen LogP contribution in [0.4, 0.5) is 11.4 Å². The molecule has 0 spiro atoms. The lowest BCUT2D eigenvalue weighted by Gasteiger charge is -2.11. The maximum absolute atomic E-state index is 12.6. The molecule has 10 heteroatoms. The molecule has 0 aliphatic heterocycles. The lowest BCUT2D eigenvalue weighted by atomic mass is 10.3. The Balaban J connectivity index is 1.86. The topological polar surface area (TPSA) is 109 Å². The van der Waals surface area contributed by atoms with Crippen molar-refractivity contribution in [2.45, 2.75) is 4.90 Å². The normalized spacial score (nSPS) is 11.2. The van der Waals surface area contributed by atoms with Gasteiger partial charge in [-0.25, -0.2) is 8.42 Å². The van der Waals surface area contributed by atoms with E-state index in [4.69, 9.17) is 27.6 Å². The van der Waals surface area contributed by atoms with Crippen LogP contribution in [0.15, 0.2) is 63.9 Å². The van der Waals surface area contributed by atoms with Gasteiger partial charge in [0.05, 0.1) is 16.3 Å². The zero-order valence-electron chi connectivity index (χ0n) is 13.4. The zero-order chi connectivity index (χ0) is 19.6. The number of nitrogens with one attached hydrogen (secondary N) is 2. The first-order valence-electron chi connectivity index (χ1n) is 7.43. The minimum absolute atomic E-state index is 0.0198. The molecule has 1 aromatic heterocycles. The number of hydrogen-bond acceptors (Lipinski definition) is 5. The Morgan fingerprint density at radius 2 is 1.81 bits per heavy atom. The number of phenolic OH excluding ortho intramolecular Hbond substituents is 1. The van der Waals surface area contributed by atoms with Crippen LogP contribution in [0.5, 0.6) is 5.75 Å². The molecular weight excluding hydrogens is 415 g/mol. The molecule has 1 heterocycles. The summed E-state index contributed by atoms with van der Waals surface area (Å²) in [4.78, 5) is 11.9. The van der Waals surface area contributed by atoms with Crippen LogP contribution in [0, 0.1) is 0 Å². The van der Waals surface area contributed by atoms with Gasteiger partial charge in [0, 0.05) is 5.02 Å². The van der Waals surface area contributed by atoms with Gasteiger partial charge in [-0.2, -0.15) is 0 Å². The summed E-state index contributed by atoms with van der Waals surface area (Å²) in [5, 5.41) is 12.7. The molecule has 0 aliphatic rings. The van der Waals surface area contributed by atoms with Crippen LogP contribution < -0.4 is 10.0 Å². The molecule has 0 saturated carbocycles. The highest BCUT2D eigenvalue weighted by Gasteiger charge is 2.19. The highest BCUT2D eigenvalue weighted by Crippen LogP contribution is 2.28. The molecule has 0 aliphatic carbocycles. The third kappa shape index (κ3) is 4.54. The summed E-state index contributed by atoms with van der Waals surface area (Å²) in [5.41, 5.74) is 0.160. The highest BCUT2D eigenvalue weighted by molar-refractivity contribution is 7.92. The number of phenols is 1. The zero-order valence-corrected chi connectivity index (χ0v) is 15.8. The number of amides is 1. The summed E-state index contributed by atoms with van der Waals surface area (Å²) in [6.45, 7) is 0. The van der Waals surface area contributed by atoms with Crippen molar-refractivity contribution in [2.24, 2.45) is 0 Å². The maximum atomic E-state index is 12.6. The molecule has 1 amide bonds. The van der Waals surface area contributed by atoms with Crippen molar-refractivity contribution in [2.75, 3.05) is 10.0 Å². The fourth-order valence-electron chi connectivity index (χ4n) is 2.17. The number of benzene rings is 2. The fraction of sp³-hybridized carbons (Fsp3) is 0. The van der Waals surface area contributed by atoms with Gasteiger partial charge < -0.3 is 14.8 Å².